The van der Waals surface area contributed by atoms with E-state index in [9.17, 15) is 19.2 Å². The lowest BCUT2D eigenvalue weighted by molar-refractivity contribution is -0.288. The van der Waals surface area contributed by atoms with E-state index in [1.54, 1.807) is 12.1 Å². The van der Waals surface area contributed by atoms with Gasteiger partial charge in [0.1, 0.15) is 18.5 Å². The Hall–Kier alpha value is -3.34. The van der Waals surface area contributed by atoms with Crippen molar-refractivity contribution in [3.05, 3.63) is 23.8 Å². The smallest absolute Gasteiger partial charge is 0.303 e. The topological polar surface area (TPSA) is 150 Å². The number of carbonyl (C=O) groups is 4. The highest BCUT2D eigenvalue weighted by Gasteiger charge is 2.53. The van der Waals surface area contributed by atoms with Crippen LogP contribution in [0, 0.1) is 0 Å². The Morgan fingerprint density at radius 3 is 1.70 bits per heavy atom. The highest BCUT2D eigenvalue weighted by Crippen LogP contribution is 2.32. The fourth-order valence-corrected chi connectivity index (χ4v) is 5.62. The molecular weight excluding hydrogens is 594 g/mol. The molecule has 2 rings (SSSR count). The number of unbranched alkanes of at least 4 members (excludes halogenated alkanes) is 12. The van der Waals surface area contributed by atoms with Gasteiger partial charge < -0.3 is 34.2 Å². The minimum Gasteiger partial charge on any atom is -0.463 e. The number of aryl methyl sites for hydroxylation is 1. The minimum atomic E-state index is -1.30. The van der Waals surface area contributed by atoms with Crippen molar-refractivity contribution >= 4 is 29.6 Å². The number of nitrogens with two attached hydrogens (primary N) is 1. The van der Waals surface area contributed by atoms with Crippen LogP contribution in [0.1, 0.15) is 124 Å². The maximum Gasteiger partial charge on any atom is 0.303 e. The van der Waals surface area contributed by atoms with E-state index in [0.29, 0.717) is 11.4 Å². The van der Waals surface area contributed by atoms with E-state index in [-0.39, 0.29) is 6.61 Å². The van der Waals surface area contributed by atoms with Crippen LogP contribution >= 0.6 is 0 Å². The Balaban J connectivity index is 2.03. The van der Waals surface area contributed by atoms with E-state index < -0.39 is 54.6 Å². The second-order valence-electron chi connectivity index (χ2n) is 12.0. The molecule has 46 heavy (non-hydrogen) atoms. The Bertz CT molecular complexity index is 1090. The number of hydrogen-bond donors (Lipinski definition) is 1. The van der Waals surface area contributed by atoms with Crippen LogP contribution in [0.15, 0.2) is 18.2 Å². The highest BCUT2D eigenvalue weighted by molar-refractivity contribution is 5.68. The molecule has 0 amide bonds. The summed E-state index contributed by atoms with van der Waals surface area (Å²) in [6, 6.07) is 5.21. The molecule has 260 valence electrons. The summed E-state index contributed by atoms with van der Waals surface area (Å²) in [5, 5.41) is 0. The molecular formula is C35H55NO10. The van der Waals surface area contributed by atoms with Crippen LogP contribution in [0.25, 0.3) is 0 Å². The van der Waals surface area contributed by atoms with Gasteiger partial charge in [-0.25, -0.2) is 0 Å². The third-order valence-corrected chi connectivity index (χ3v) is 7.86. The van der Waals surface area contributed by atoms with Crippen molar-refractivity contribution in [3.63, 3.8) is 0 Å². The van der Waals surface area contributed by atoms with Gasteiger partial charge in [0, 0.05) is 33.4 Å². The molecule has 1 aliphatic heterocycles. The van der Waals surface area contributed by atoms with Crippen molar-refractivity contribution in [2.24, 2.45) is 0 Å². The number of nitrogen functional groups attached to an aromatic ring is 1. The number of benzene rings is 1. The van der Waals surface area contributed by atoms with Gasteiger partial charge in [0.25, 0.3) is 0 Å². The largest absolute Gasteiger partial charge is 0.463 e. The number of hydrogen-bond acceptors (Lipinski definition) is 11. The second-order valence-corrected chi connectivity index (χ2v) is 12.0. The van der Waals surface area contributed by atoms with Gasteiger partial charge in [0.2, 0.25) is 12.4 Å². The summed E-state index contributed by atoms with van der Waals surface area (Å²) in [6.45, 7) is 6.66. The van der Waals surface area contributed by atoms with Crippen LogP contribution in [0.2, 0.25) is 0 Å². The Morgan fingerprint density at radius 1 is 0.674 bits per heavy atom. The van der Waals surface area contributed by atoms with Crippen LogP contribution in [-0.4, -0.2) is 61.2 Å². The van der Waals surface area contributed by atoms with E-state index >= 15 is 0 Å². The molecule has 0 bridgehead atoms. The van der Waals surface area contributed by atoms with Gasteiger partial charge >= 0.3 is 23.9 Å². The van der Waals surface area contributed by atoms with Gasteiger partial charge in [0.15, 0.2) is 12.2 Å². The van der Waals surface area contributed by atoms with Crippen LogP contribution in [0.3, 0.4) is 0 Å². The third-order valence-electron chi connectivity index (χ3n) is 7.86. The first-order valence-corrected chi connectivity index (χ1v) is 16.9. The van der Waals surface area contributed by atoms with Crippen molar-refractivity contribution in [3.8, 4) is 5.75 Å². The summed E-state index contributed by atoms with van der Waals surface area (Å²) in [4.78, 5) is 47.7. The predicted octanol–water partition coefficient (Wildman–Crippen LogP) is 6.36. The molecule has 2 N–H and O–H groups in total. The summed E-state index contributed by atoms with van der Waals surface area (Å²) >= 11 is 0. The molecule has 11 nitrogen and oxygen atoms in total. The first kappa shape index (κ1) is 38.8. The van der Waals surface area contributed by atoms with Crippen molar-refractivity contribution in [2.45, 2.75) is 155 Å². The van der Waals surface area contributed by atoms with Gasteiger partial charge in [-0.1, -0.05) is 84.0 Å². The predicted molar refractivity (Wildman–Crippen MR) is 173 cm³/mol. The fourth-order valence-electron chi connectivity index (χ4n) is 5.62. The molecule has 5 atom stereocenters. The van der Waals surface area contributed by atoms with Crippen molar-refractivity contribution in [2.75, 3.05) is 12.3 Å². The fraction of sp³-hybridized carbons (Fsp3) is 0.714. The van der Waals surface area contributed by atoms with Crippen LogP contribution < -0.4 is 10.5 Å². The zero-order valence-corrected chi connectivity index (χ0v) is 28.4. The first-order chi connectivity index (χ1) is 22.0. The number of rotatable bonds is 21. The van der Waals surface area contributed by atoms with Gasteiger partial charge in [-0.2, -0.15) is 0 Å². The average Bonchev–Trinajstić information content (AvgIpc) is 2.98. The van der Waals surface area contributed by atoms with E-state index in [0.717, 1.165) is 24.8 Å². The maximum absolute atomic E-state index is 12.1. The Labute approximate surface area is 274 Å². The molecule has 1 aromatic rings. The number of carbonyl (C=O) groups excluding carboxylic acids is 4. The van der Waals surface area contributed by atoms with E-state index in [1.165, 1.54) is 98.3 Å². The average molecular weight is 650 g/mol. The van der Waals surface area contributed by atoms with Gasteiger partial charge in [0.05, 0.1) is 0 Å². The molecule has 0 radical (unpaired) electrons. The lowest BCUT2D eigenvalue weighted by atomic mass is 9.98. The standard InChI is InChI=1S/C35H55NO10/c1-6-7-8-9-10-11-12-13-14-15-16-17-18-19-28-22-29(20-21-30(28)36)45-35-34(44-27(5)40)33(43-26(4)39)32(42-25(3)38)31(46-35)23-41-24(2)37/h20-22,31-35H,6-19,23,36H2,1-5H3/t31-,32+,33+,34+,35-/m0/s1. The van der Waals surface area contributed by atoms with Crippen molar-refractivity contribution < 1.29 is 47.6 Å². The Morgan fingerprint density at radius 2 is 1.17 bits per heavy atom. The molecule has 0 unspecified atom stereocenters. The van der Waals surface area contributed by atoms with E-state index in [2.05, 4.69) is 6.92 Å². The third kappa shape index (κ3) is 14.8. The molecule has 0 spiro atoms. The molecule has 1 aromatic carbocycles. The highest BCUT2D eigenvalue weighted by atomic mass is 16.7. The van der Waals surface area contributed by atoms with Crippen molar-refractivity contribution in [1.29, 1.82) is 0 Å². The first-order valence-electron chi connectivity index (χ1n) is 16.9. The second kappa shape index (κ2) is 21.5. The van der Waals surface area contributed by atoms with Crippen molar-refractivity contribution in [1.82, 2.24) is 0 Å². The van der Waals surface area contributed by atoms with E-state index in [4.69, 9.17) is 34.2 Å². The molecule has 1 fully saturated rings. The quantitative estimate of drug-likeness (QED) is 0.0685. The van der Waals surface area contributed by atoms with Crippen LogP contribution in [0.5, 0.6) is 5.75 Å². The summed E-state index contributed by atoms with van der Waals surface area (Å²) in [6.07, 6.45) is 11.0. The zero-order chi connectivity index (χ0) is 33.9. The molecule has 1 saturated heterocycles. The maximum atomic E-state index is 12.1. The van der Waals surface area contributed by atoms with Crippen LogP contribution in [0.4, 0.5) is 5.69 Å². The zero-order valence-electron chi connectivity index (χ0n) is 28.4. The molecule has 0 saturated carbocycles. The summed E-state index contributed by atoms with van der Waals surface area (Å²) in [5.74, 6) is -2.31. The lowest BCUT2D eigenvalue weighted by Crippen LogP contribution is -2.63. The number of anilines is 1. The molecule has 11 heteroatoms. The number of esters is 4. The monoisotopic (exact) mass is 649 g/mol. The molecule has 1 aliphatic rings. The van der Waals surface area contributed by atoms with Gasteiger partial charge in [-0.15, -0.1) is 0 Å². The lowest BCUT2D eigenvalue weighted by Gasteiger charge is -2.43. The molecule has 0 aromatic heterocycles. The SMILES string of the molecule is CCCCCCCCCCCCCCCc1cc(O[C@H]2O[C@@H](COC(C)=O)[C@@H](OC(C)=O)[C@@H](OC(C)=O)[C@H]2OC(C)=O)ccc1N. The Kier molecular flexibility index (Phi) is 18.1. The summed E-state index contributed by atoms with van der Waals surface area (Å²) in [5.41, 5.74) is 7.82. The minimum absolute atomic E-state index is 0.330. The molecule has 0 aliphatic carbocycles. The van der Waals surface area contributed by atoms with E-state index in [1.807, 2.05) is 6.07 Å². The number of ether oxygens (including phenoxy) is 6. The van der Waals surface area contributed by atoms with Crippen LogP contribution in [-0.2, 0) is 49.3 Å². The van der Waals surface area contributed by atoms with Gasteiger partial charge in [-0.05, 0) is 36.6 Å². The summed E-state index contributed by atoms with van der Waals surface area (Å²) < 4.78 is 33.7. The molecule has 1 heterocycles. The normalized spacial score (nSPS) is 20.8. The van der Waals surface area contributed by atoms with Gasteiger partial charge in [-0.3, -0.25) is 19.2 Å². The summed E-state index contributed by atoms with van der Waals surface area (Å²) in [7, 11) is 0.